The van der Waals surface area contributed by atoms with Crippen molar-refractivity contribution >= 4 is 11.6 Å². The molecule has 0 N–H and O–H groups in total. The molecule has 0 aliphatic carbocycles. The van der Waals surface area contributed by atoms with E-state index in [-0.39, 0.29) is 11.0 Å². The van der Waals surface area contributed by atoms with Crippen molar-refractivity contribution in [3.8, 4) is 17.7 Å². The lowest BCUT2D eigenvalue weighted by atomic mass is 10.2. The molecule has 0 unspecified atom stereocenters. The first-order valence-corrected chi connectivity index (χ1v) is 4.82. The van der Waals surface area contributed by atoms with Crippen molar-refractivity contribution in [2.45, 2.75) is 0 Å². The molecule has 1 aromatic heterocycles. The predicted molar refractivity (Wildman–Crippen MR) is 58.3 cm³/mol. The van der Waals surface area contributed by atoms with Crippen molar-refractivity contribution in [2.24, 2.45) is 0 Å². The van der Waals surface area contributed by atoms with Gasteiger partial charge in [-0.25, -0.2) is 9.97 Å². The third kappa shape index (κ3) is 2.27. The summed E-state index contributed by atoms with van der Waals surface area (Å²) in [4.78, 5) is 7.76. The van der Waals surface area contributed by atoms with E-state index in [4.69, 9.17) is 21.6 Å². The fraction of sp³-hybridized carbons (Fsp3) is 0. The molecule has 0 radical (unpaired) electrons. The number of benzene rings is 1. The Bertz CT molecular complexity index is 551. The zero-order chi connectivity index (χ0) is 11.4. The third-order valence-corrected chi connectivity index (χ3v) is 2.06. The first-order chi connectivity index (χ1) is 7.79. The number of rotatable bonds is 2. The molecular formula is C11H6ClN3O. The van der Waals surface area contributed by atoms with E-state index in [0.717, 1.165) is 0 Å². The molecule has 2 rings (SSSR count). The van der Waals surface area contributed by atoms with E-state index >= 15 is 0 Å². The minimum absolute atomic E-state index is 0.185. The highest BCUT2D eigenvalue weighted by atomic mass is 35.5. The van der Waals surface area contributed by atoms with Crippen molar-refractivity contribution in [1.29, 1.82) is 5.26 Å². The predicted octanol–water partition coefficient (Wildman–Crippen LogP) is 2.79. The molecule has 0 saturated carbocycles. The van der Waals surface area contributed by atoms with Crippen LogP contribution in [0, 0.1) is 11.3 Å². The molecule has 2 aromatic rings. The maximum absolute atomic E-state index is 8.72. The third-order valence-electron chi connectivity index (χ3n) is 1.80. The molecule has 0 amide bonds. The molecule has 0 fully saturated rings. The number of nitrogens with zero attached hydrogens (tertiary/aromatic N) is 3. The number of ether oxygens (including phenoxy) is 1. The van der Waals surface area contributed by atoms with Gasteiger partial charge >= 0.3 is 0 Å². The SMILES string of the molecule is N#Cc1cccc(Oc2nccnc2Cl)c1. The molecule has 0 bridgehead atoms. The van der Waals surface area contributed by atoms with Crippen LogP contribution in [0.4, 0.5) is 0 Å². The number of aromatic nitrogens is 2. The van der Waals surface area contributed by atoms with Gasteiger partial charge in [-0.2, -0.15) is 5.26 Å². The standard InChI is InChI=1S/C11H6ClN3O/c12-10-11(15-5-4-14-10)16-9-3-1-2-8(6-9)7-13/h1-6H. The minimum atomic E-state index is 0.185. The van der Waals surface area contributed by atoms with Crippen LogP contribution in [0.1, 0.15) is 5.56 Å². The van der Waals surface area contributed by atoms with Crippen LogP contribution < -0.4 is 4.74 Å². The lowest BCUT2D eigenvalue weighted by Crippen LogP contribution is -1.90. The highest BCUT2D eigenvalue weighted by Crippen LogP contribution is 2.24. The second-order valence-corrected chi connectivity index (χ2v) is 3.25. The summed E-state index contributed by atoms with van der Waals surface area (Å²) < 4.78 is 5.39. The number of nitriles is 1. The highest BCUT2D eigenvalue weighted by Gasteiger charge is 2.05. The van der Waals surface area contributed by atoms with Gasteiger partial charge in [0.25, 0.3) is 5.88 Å². The Hall–Kier alpha value is -2.12. The van der Waals surface area contributed by atoms with Gasteiger partial charge in [0.1, 0.15) is 5.75 Å². The lowest BCUT2D eigenvalue weighted by molar-refractivity contribution is 0.460. The van der Waals surface area contributed by atoms with Gasteiger partial charge in [-0.05, 0) is 18.2 Å². The second kappa shape index (κ2) is 4.60. The zero-order valence-corrected chi connectivity index (χ0v) is 8.85. The molecule has 16 heavy (non-hydrogen) atoms. The maximum atomic E-state index is 8.72. The van der Waals surface area contributed by atoms with Gasteiger partial charge in [-0.15, -0.1) is 0 Å². The van der Waals surface area contributed by atoms with Crippen LogP contribution >= 0.6 is 11.6 Å². The topological polar surface area (TPSA) is 58.8 Å². The van der Waals surface area contributed by atoms with Crippen molar-refractivity contribution < 1.29 is 4.74 Å². The Labute approximate surface area is 97.1 Å². The summed E-state index contributed by atoms with van der Waals surface area (Å²) >= 11 is 5.78. The number of hydrogen-bond acceptors (Lipinski definition) is 4. The molecule has 0 aliphatic rings. The van der Waals surface area contributed by atoms with Gasteiger partial charge in [0.05, 0.1) is 11.6 Å². The van der Waals surface area contributed by atoms with Crippen molar-refractivity contribution in [3.63, 3.8) is 0 Å². The average Bonchev–Trinajstić information content (AvgIpc) is 2.32. The summed E-state index contributed by atoms with van der Waals surface area (Å²) in [5.41, 5.74) is 0.512. The summed E-state index contributed by atoms with van der Waals surface area (Å²) in [5, 5.41) is 8.91. The summed E-state index contributed by atoms with van der Waals surface area (Å²) in [6.45, 7) is 0. The van der Waals surface area contributed by atoms with E-state index in [1.165, 1.54) is 12.4 Å². The van der Waals surface area contributed by atoms with E-state index < -0.39 is 0 Å². The largest absolute Gasteiger partial charge is 0.436 e. The highest BCUT2D eigenvalue weighted by molar-refractivity contribution is 6.30. The Morgan fingerprint density at radius 2 is 2.06 bits per heavy atom. The van der Waals surface area contributed by atoms with Gasteiger partial charge in [-0.3, -0.25) is 0 Å². The van der Waals surface area contributed by atoms with Gasteiger partial charge < -0.3 is 4.74 Å². The molecule has 0 aliphatic heterocycles. The van der Waals surface area contributed by atoms with E-state index in [1.54, 1.807) is 24.3 Å². The van der Waals surface area contributed by atoms with Gasteiger partial charge in [0.15, 0.2) is 5.15 Å². The molecule has 0 spiro atoms. The molecule has 0 saturated heterocycles. The van der Waals surface area contributed by atoms with E-state index in [2.05, 4.69) is 9.97 Å². The Morgan fingerprint density at radius 1 is 1.25 bits per heavy atom. The van der Waals surface area contributed by atoms with Crippen LogP contribution in [-0.2, 0) is 0 Å². The van der Waals surface area contributed by atoms with Crippen molar-refractivity contribution in [2.75, 3.05) is 0 Å². The Balaban J connectivity index is 2.28. The van der Waals surface area contributed by atoms with Crippen molar-refractivity contribution in [3.05, 3.63) is 47.4 Å². The fourth-order valence-electron chi connectivity index (χ4n) is 1.12. The maximum Gasteiger partial charge on any atom is 0.257 e. The van der Waals surface area contributed by atoms with E-state index in [9.17, 15) is 0 Å². The molecule has 4 nitrogen and oxygen atoms in total. The molecule has 78 valence electrons. The molecule has 1 aromatic carbocycles. The summed E-state index contributed by atoms with van der Waals surface area (Å²) in [5.74, 6) is 0.723. The fourth-order valence-corrected chi connectivity index (χ4v) is 1.26. The normalized spacial score (nSPS) is 9.50. The first-order valence-electron chi connectivity index (χ1n) is 4.44. The van der Waals surface area contributed by atoms with Gasteiger partial charge in [-0.1, -0.05) is 17.7 Å². The summed E-state index contributed by atoms with van der Waals surface area (Å²) in [6.07, 6.45) is 2.95. The van der Waals surface area contributed by atoms with Gasteiger partial charge in [0.2, 0.25) is 0 Å². The average molecular weight is 232 g/mol. The van der Waals surface area contributed by atoms with Crippen LogP contribution in [0.3, 0.4) is 0 Å². The summed E-state index contributed by atoms with van der Waals surface area (Å²) in [7, 11) is 0. The minimum Gasteiger partial charge on any atom is -0.436 e. The first kappa shape index (κ1) is 10.4. The van der Waals surface area contributed by atoms with Crippen LogP contribution in [0.2, 0.25) is 5.15 Å². The van der Waals surface area contributed by atoms with Crippen LogP contribution in [0.25, 0.3) is 0 Å². The second-order valence-electron chi connectivity index (χ2n) is 2.89. The quantitative estimate of drug-likeness (QED) is 0.797. The van der Waals surface area contributed by atoms with E-state index in [0.29, 0.717) is 11.3 Å². The number of halogens is 1. The lowest BCUT2D eigenvalue weighted by Gasteiger charge is -2.04. The molecule has 0 atom stereocenters. The Kier molecular flexibility index (Phi) is 2.99. The van der Waals surface area contributed by atoms with Crippen LogP contribution in [0.15, 0.2) is 36.7 Å². The van der Waals surface area contributed by atoms with Crippen LogP contribution in [0.5, 0.6) is 11.6 Å². The molecule has 5 heteroatoms. The van der Waals surface area contributed by atoms with Crippen LogP contribution in [-0.4, -0.2) is 9.97 Å². The smallest absolute Gasteiger partial charge is 0.257 e. The monoisotopic (exact) mass is 231 g/mol. The Morgan fingerprint density at radius 3 is 2.81 bits per heavy atom. The van der Waals surface area contributed by atoms with E-state index in [1.807, 2.05) is 6.07 Å². The molecule has 1 heterocycles. The zero-order valence-electron chi connectivity index (χ0n) is 8.09. The van der Waals surface area contributed by atoms with Crippen molar-refractivity contribution in [1.82, 2.24) is 9.97 Å². The summed E-state index contributed by atoms with van der Waals surface area (Å²) in [6, 6.07) is 8.74. The molecular weight excluding hydrogens is 226 g/mol. The van der Waals surface area contributed by atoms with Gasteiger partial charge in [0, 0.05) is 12.4 Å². The number of hydrogen-bond donors (Lipinski definition) is 0.